The summed E-state index contributed by atoms with van der Waals surface area (Å²) in [4.78, 5) is 2.36. The van der Waals surface area contributed by atoms with Crippen molar-refractivity contribution in [1.82, 2.24) is 10.1 Å². The second-order valence-electron chi connectivity index (χ2n) is 2.99. The van der Waals surface area contributed by atoms with Crippen LogP contribution in [0.4, 0.5) is 0 Å². The van der Waals surface area contributed by atoms with Gasteiger partial charge in [-0.1, -0.05) is 12.1 Å². The molecule has 2 heterocycles. The third-order valence-electron chi connectivity index (χ3n) is 2.31. The maximum atomic E-state index is 5.22. The molecule has 3 nitrogen and oxygen atoms in total. The lowest BCUT2D eigenvalue weighted by molar-refractivity contribution is 0.227. The van der Waals surface area contributed by atoms with Gasteiger partial charge in [0.1, 0.15) is 3.70 Å². The molecule has 0 N–H and O–H groups in total. The number of halogens is 1. The number of rotatable bonds is 1. The lowest BCUT2D eigenvalue weighted by Crippen LogP contribution is -2.29. The van der Waals surface area contributed by atoms with Crippen LogP contribution in [-0.4, -0.2) is 23.1 Å². The zero-order valence-corrected chi connectivity index (χ0v) is 9.17. The van der Waals surface area contributed by atoms with Gasteiger partial charge in [-0.3, -0.25) is 4.90 Å². The van der Waals surface area contributed by atoms with Crippen molar-refractivity contribution in [3.63, 3.8) is 0 Å². The van der Waals surface area contributed by atoms with E-state index in [1.54, 1.807) is 0 Å². The molecule has 4 heteroatoms. The monoisotopic (exact) mass is 278 g/mol. The molecule has 0 aromatic carbocycles. The zero-order valence-electron chi connectivity index (χ0n) is 7.01. The van der Waals surface area contributed by atoms with Crippen LogP contribution < -0.4 is 0 Å². The molecule has 0 aliphatic carbocycles. The van der Waals surface area contributed by atoms with Gasteiger partial charge < -0.3 is 4.52 Å². The van der Waals surface area contributed by atoms with Crippen LogP contribution >= 0.6 is 22.6 Å². The average Bonchev–Trinajstić information content (AvgIpc) is 2.47. The van der Waals surface area contributed by atoms with E-state index in [4.69, 9.17) is 4.52 Å². The second-order valence-corrected chi connectivity index (χ2v) is 4.02. The molecule has 0 spiro atoms. The van der Waals surface area contributed by atoms with Gasteiger partial charge in [-0.05, 0) is 35.6 Å². The Morgan fingerprint density at radius 1 is 1.67 bits per heavy atom. The Morgan fingerprint density at radius 3 is 3.25 bits per heavy atom. The first-order valence-corrected chi connectivity index (χ1v) is 5.24. The molecule has 1 aliphatic heterocycles. The number of nitrogens with zero attached hydrogens (tertiary/aromatic N) is 2. The molecule has 2 rings (SSSR count). The van der Waals surface area contributed by atoms with Crippen LogP contribution in [0.3, 0.4) is 0 Å². The fourth-order valence-corrected chi connectivity index (χ4v) is 2.18. The van der Waals surface area contributed by atoms with E-state index in [9.17, 15) is 0 Å². The van der Waals surface area contributed by atoms with Gasteiger partial charge in [0.05, 0.1) is 6.54 Å². The standard InChI is InChI=1S/C8H11IN2O/c1-2-11-4-3-6-7(5-11)12-10-8(6)9/h2-5H2,1H3. The van der Waals surface area contributed by atoms with E-state index in [1.165, 1.54) is 5.56 Å². The van der Waals surface area contributed by atoms with Gasteiger partial charge in [0, 0.05) is 12.1 Å². The number of likely N-dealkylation sites (N-methyl/N-ethyl adjacent to an activating group) is 1. The minimum atomic E-state index is 0.932. The summed E-state index contributed by atoms with van der Waals surface area (Å²) in [6.07, 6.45) is 1.09. The highest BCUT2D eigenvalue weighted by Crippen LogP contribution is 2.22. The van der Waals surface area contributed by atoms with E-state index in [-0.39, 0.29) is 0 Å². The summed E-state index contributed by atoms with van der Waals surface area (Å²) in [5, 5.41) is 3.95. The molecule has 0 atom stereocenters. The minimum absolute atomic E-state index is 0.932. The Hall–Kier alpha value is -0.100. The largest absolute Gasteiger partial charge is 0.359 e. The summed E-state index contributed by atoms with van der Waals surface area (Å²) in [5.74, 6) is 1.06. The van der Waals surface area contributed by atoms with Gasteiger partial charge in [-0.2, -0.15) is 0 Å². The third kappa shape index (κ3) is 1.37. The zero-order chi connectivity index (χ0) is 8.55. The van der Waals surface area contributed by atoms with Crippen LogP contribution in [0.15, 0.2) is 4.52 Å². The average molecular weight is 278 g/mol. The first kappa shape index (κ1) is 8.50. The van der Waals surface area contributed by atoms with E-state index < -0.39 is 0 Å². The molecule has 0 radical (unpaired) electrons. The molecule has 0 amide bonds. The molecular weight excluding hydrogens is 267 g/mol. The van der Waals surface area contributed by atoms with Gasteiger partial charge in [0.2, 0.25) is 0 Å². The summed E-state index contributed by atoms with van der Waals surface area (Å²) in [7, 11) is 0. The van der Waals surface area contributed by atoms with Gasteiger partial charge in [0.25, 0.3) is 0 Å². The summed E-state index contributed by atoms with van der Waals surface area (Å²) in [5.41, 5.74) is 1.32. The number of hydrogen-bond donors (Lipinski definition) is 0. The fraction of sp³-hybridized carbons (Fsp3) is 0.625. The van der Waals surface area contributed by atoms with E-state index in [0.717, 1.165) is 35.5 Å². The predicted octanol–water partition coefficient (Wildman–Crippen LogP) is 1.66. The van der Waals surface area contributed by atoms with Crippen molar-refractivity contribution >= 4 is 22.6 Å². The van der Waals surface area contributed by atoms with E-state index in [0.29, 0.717) is 0 Å². The van der Waals surface area contributed by atoms with Crippen molar-refractivity contribution in [3.05, 3.63) is 15.0 Å². The molecule has 12 heavy (non-hydrogen) atoms. The van der Waals surface area contributed by atoms with E-state index >= 15 is 0 Å². The summed E-state index contributed by atoms with van der Waals surface area (Å²) < 4.78 is 6.26. The second kappa shape index (κ2) is 3.33. The maximum Gasteiger partial charge on any atom is 0.155 e. The van der Waals surface area contributed by atoms with Gasteiger partial charge >= 0.3 is 0 Å². The number of fused-ring (bicyclic) bond motifs is 1. The molecule has 0 bridgehead atoms. The predicted molar refractivity (Wildman–Crippen MR) is 53.9 cm³/mol. The van der Waals surface area contributed by atoms with Crippen molar-refractivity contribution in [2.45, 2.75) is 19.9 Å². The van der Waals surface area contributed by atoms with E-state index in [1.807, 2.05) is 0 Å². The minimum Gasteiger partial charge on any atom is -0.359 e. The van der Waals surface area contributed by atoms with Crippen LogP contribution in [0.5, 0.6) is 0 Å². The van der Waals surface area contributed by atoms with Crippen LogP contribution in [-0.2, 0) is 13.0 Å². The SMILES string of the molecule is CCN1CCc2c(I)noc2C1. The van der Waals surface area contributed by atoms with Crippen molar-refractivity contribution in [1.29, 1.82) is 0 Å². The Labute approximate surface area is 85.2 Å². The molecule has 0 unspecified atom stereocenters. The normalized spacial score (nSPS) is 17.8. The van der Waals surface area contributed by atoms with Crippen molar-refractivity contribution < 1.29 is 4.52 Å². The van der Waals surface area contributed by atoms with Crippen molar-refractivity contribution in [3.8, 4) is 0 Å². The van der Waals surface area contributed by atoms with Crippen molar-refractivity contribution in [2.75, 3.05) is 13.1 Å². The van der Waals surface area contributed by atoms with E-state index in [2.05, 4.69) is 39.6 Å². The quantitative estimate of drug-likeness (QED) is 0.732. The fourth-order valence-electron chi connectivity index (χ4n) is 1.51. The highest BCUT2D eigenvalue weighted by atomic mass is 127. The Kier molecular flexibility index (Phi) is 2.36. The van der Waals surface area contributed by atoms with Crippen LogP contribution in [0.25, 0.3) is 0 Å². The summed E-state index contributed by atoms with van der Waals surface area (Å²) in [6.45, 7) is 5.34. The topological polar surface area (TPSA) is 29.3 Å². The Balaban J connectivity index is 2.24. The lowest BCUT2D eigenvalue weighted by atomic mass is 10.1. The first-order chi connectivity index (χ1) is 5.81. The summed E-state index contributed by atoms with van der Waals surface area (Å²) >= 11 is 2.23. The van der Waals surface area contributed by atoms with Crippen LogP contribution in [0, 0.1) is 3.70 Å². The van der Waals surface area contributed by atoms with Crippen LogP contribution in [0.2, 0.25) is 0 Å². The van der Waals surface area contributed by atoms with Crippen LogP contribution in [0.1, 0.15) is 18.2 Å². The smallest absolute Gasteiger partial charge is 0.155 e. The van der Waals surface area contributed by atoms with Gasteiger partial charge in [-0.15, -0.1) is 0 Å². The maximum absolute atomic E-state index is 5.22. The molecule has 0 saturated carbocycles. The molecule has 1 aromatic heterocycles. The summed E-state index contributed by atoms with van der Waals surface area (Å²) in [6, 6.07) is 0. The Morgan fingerprint density at radius 2 is 2.50 bits per heavy atom. The van der Waals surface area contributed by atoms with Gasteiger partial charge in [-0.25, -0.2) is 0 Å². The van der Waals surface area contributed by atoms with Crippen molar-refractivity contribution in [2.24, 2.45) is 0 Å². The lowest BCUT2D eigenvalue weighted by Gasteiger charge is -2.23. The molecule has 0 fully saturated rings. The molecule has 1 aromatic rings. The van der Waals surface area contributed by atoms with Gasteiger partial charge in [0.15, 0.2) is 5.76 Å². The Bertz CT molecular complexity index is 285. The third-order valence-corrected chi connectivity index (χ3v) is 3.16. The molecule has 66 valence electrons. The number of aromatic nitrogens is 1. The molecule has 0 saturated heterocycles. The molecular formula is C8H11IN2O. The number of hydrogen-bond acceptors (Lipinski definition) is 3. The molecule has 1 aliphatic rings. The highest BCUT2D eigenvalue weighted by Gasteiger charge is 2.21. The highest BCUT2D eigenvalue weighted by molar-refractivity contribution is 14.1. The first-order valence-electron chi connectivity index (χ1n) is 4.16.